The number of para-hydroxylation sites is 1. The van der Waals surface area contributed by atoms with Gasteiger partial charge < -0.3 is 29.9 Å². The van der Waals surface area contributed by atoms with Crippen molar-refractivity contribution in [1.29, 1.82) is 0 Å². The first-order valence-electron chi connectivity index (χ1n) is 14.7. The lowest BCUT2D eigenvalue weighted by atomic mass is 10.0. The van der Waals surface area contributed by atoms with E-state index in [1.165, 1.54) is 6.08 Å². The van der Waals surface area contributed by atoms with E-state index in [0.717, 1.165) is 42.3 Å². The molecule has 2 N–H and O–H groups in total. The van der Waals surface area contributed by atoms with Gasteiger partial charge in [0.05, 0.1) is 36.8 Å². The van der Waals surface area contributed by atoms with E-state index in [0.29, 0.717) is 35.5 Å². The van der Waals surface area contributed by atoms with Gasteiger partial charge in [0.15, 0.2) is 5.82 Å². The zero-order valence-corrected chi connectivity index (χ0v) is 26.1. The zero-order valence-electron chi connectivity index (χ0n) is 26.1. The highest BCUT2D eigenvalue weighted by molar-refractivity contribution is 6.02. The van der Waals surface area contributed by atoms with Crippen molar-refractivity contribution in [2.24, 2.45) is 0 Å². The molecule has 1 fully saturated rings. The summed E-state index contributed by atoms with van der Waals surface area (Å²) in [4.78, 5) is 31.8. The molecule has 0 bridgehead atoms. The standard InChI is InChI=1S/C34H39N7O4/c1-6-33(42)36-27-22-28(31(43-5)23-30(27)40(4)19-18-39(2)3)37-34-35-17-15-32(38-34)41-29(16-20-44-41)24-11-10-14-26(21-24)45-25-12-8-7-9-13-25/h6-15,17,21-23,29H,1,16,18-20H2,2-5H3,(H,36,42)(H,35,37,38). The second-order valence-electron chi connectivity index (χ2n) is 10.8. The Kier molecular flexibility index (Phi) is 10.1. The molecule has 45 heavy (non-hydrogen) atoms. The molecule has 5 rings (SSSR count). The lowest BCUT2D eigenvalue weighted by molar-refractivity contribution is -0.111. The molecule has 1 unspecified atom stereocenters. The maximum absolute atomic E-state index is 12.3. The maximum atomic E-state index is 12.3. The van der Waals surface area contributed by atoms with E-state index in [1.807, 2.05) is 92.9 Å². The number of methoxy groups -OCH3 is 1. The summed E-state index contributed by atoms with van der Waals surface area (Å²) in [6, 6.07) is 23.1. The summed E-state index contributed by atoms with van der Waals surface area (Å²) in [6.45, 7) is 5.71. The summed E-state index contributed by atoms with van der Waals surface area (Å²) in [5, 5.41) is 8.00. The van der Waals surface area contributed by atoms with Crippen molar-refractivity contribution in [3.8, 4) is 17.2 Å². The number of hydrogen-bond donors (Lipinski definition) is 2. The average Bonchev–Trinajstić information content (AvgIpc) is 3.55. The molecular formula is C34H39N7O4. The van der Waals surface area contributed by atoms with Crippen molar-refractivity contribution in [2.45, 2.75) is 12.5 Å². The first-order chi connectivity index (χ1) is 21.8. The van der Waals surface area contributed by atoms with E-state index in [4.69, 9.17) is 19.3 Å². The highest BCUT2D eigenvalue weighted by atomic mass is 16.7. The molecule has 11 nitrogen and oxygen atoms in total. The Morgan fingerprint density at radius 2 is 1.84 bits per heavy atom. The molecule has 0 saturated carbocycles. The van der Waals surface area contributed by atoms with Crippen molar-refractivity contribution in [3.63, 3.8) is 0 Å². The summed E-state index contributed by atoms with van der Waals surface area (Å²) in [7, 11) is 7.60. The van der Waals surface area contributed by atoms with E-state index >= 15 is 0 Å². The molecule has 0 spiro atoms. The third-order valence-electron chi connectivity index (χ3n) is 7.29. The topological polar surface area (TPSA) is 104 Å². The van der Waals surface area contributed by atoms with Crippen LogP contribution in [0.1, 0.15) is 18.0 Å². The summed E-state index contributed by atoms with van der Waals surface area (Å²) < 4.78 is 11.8. The number of carbonyl (C=O) groups is 1. The summed E-state index contributed by atoms with van der Waals surface area (Å²) in [5.41, 5.74) is 3.03. The van der Waals surface area contributed by atoms with Crippen LogP contribution >= 0.6 is 0 Å². The van der Waals surface area contributed by atoms with Crippen LogP contribution < -0.4 is 30.1 Å². The van der Waals surface area contributed by atoms with Crippen LogP contribution in [0.3, 0.4) is 0 Å². The minimum atomic E-state index is -0.318. The molecule has 2 heterocycles. The number of hydrogen-bond acceptors (Lipinski definition) is 10. The SMILES string of the molecule is C=CC(=O)Nc1cc(Nc2nccc(N3OCCC3c3cccc(Oc4ccccc4)c3)n2)c(OC)cc1N(C)CCN(C)C. The first-order valence-corrected chi connectivity index (χ1v) is 14.7. The minimum Gasteiger partial charge on any atom is -0.494 e. The molecule has 1 atom stereocenters. The first kappa shape index (κ1) is 31.3. The van der Waals surface area contributed by atoms with Gasteiger partial charge >= 0.3 is 0 Å². The van der Waals surface area contributed by atoms with Crippen LogP contribution in [-0.2, 0) is 9.63 Å². The van der Waals surface area contributed by atoms with Crippen molar-refractivity contribution in [1.82, 2.24) is 14.9 Å². The normalized spacial score (nSPS) is 14.2. The second-order valence-corrected chi connectivity index (χ2v) is 10.8. The predicted molar refractivity (Wildman–Crippen MR) is 178 cm³/mol. The molecule has 4 aromatic rings. The molecule has 3 aromatic carbocycles. The highest BCUT2D eigenvalue weighted by Crippen LogP contribution is 2.39. The number of amides is 1. The molecule has 0 aliphatic carbocycles. The summed E-state index contributed by atoms with van der Waals surface area (Å²) in [6.07, 6.45) is 3.70. The van der Waals surface area contributed by atoms with Crippen LogP contribution in [0.15, 0.2) is 91.6 Å². The Morgan fingerprint density at radius 3 is 2.60 bits per heavy atom. The van der Waals surface area contributed by atoms with Crippen LogP contribution in [-0.4, -0.2) is 68.7 Å². The van der Waals surface area contributed by atoms with E-state index in [-0.39, 0.29) is 11.9 Å². The van der Waals surface area contributed by atoms with Gasteiger partial charge in [-0.25, -0.2) is 10.0 Å². The molecule has 234 valence electrons. The van der Waals surface area contributed by atoms with Crippen molar-refractivity contribution in [2.75, 3.05) is 68.5 Å². The third kappa shape index (κ3) is 7.88. The molecule has 1 aliphatic rings. The van der Waals surface area contributed by atoms with Crippen LogP contribution in [0, 0.1) is 0 Å². The van der Waals surface area contributed by atoms with Crippen LogP contribution in [0.2, 0.25) is 0 Å². The van der Waals surface area contributed by atoms with E-state index in [9.17, 15) is 4.79 Å². The molecule has 1 aromatic heterocycles. The number of rotatable bonds is 13. The van der Waals surface area contributed by atoms with E-state index < -0.39 is 0 Å². The van der Waals surface area contributed by atoms with Gasteiger partial charge in [-0.15, -0.1) is 0 Å². The molecule has 1 saturated heterocycles. The monoisotopic (exact) mass is 609 g/mol. The fourth-order valence-electron chi connectivity index (χ4n) is 4.97. The molecular weight excluding hydrogens is 570 g/mol. The van der Waals surface area contributed by atoms with Crippen molar-refractivity contribution in [3.05, 3.63) is 97.2 Å². The smallest absolute Gasteiger partial charge is 0.247 e. The predicted octanol–water partition coefficient (Wildman–Crippen LogP) is 6.03. The number of carbonyl (C=O) groups excluding carboxylic acids is 1. The summed E-state index contributed by atoms with van der Waals surface area (Å²) in [5.74, 6) is 2.72. The lowest BCUT2D eigenvalue weighted by Gasteiger charge is -2.26. The Bertz CT molecular complexity index is 1620. The highest BCUT2D eigenvalue weighted by Gasteiger charge is 2.29. The Balaban J connectivity index is 1.39. The number of anilines is 5. The third-order valence-corrected chi connectivity index (χ3v) is 7.29. The maximum Gasteiger partial charge on any atom is 0.247 e. The molecule has 1 amide bonds. The number of nitrogens with zero attached hydrogens (tertiary/aromatic N) is 5. The van der Waals surface area contributed by atoms with Crippen LogP contribution in [0.4, 0.5) is 28.8 Å². The van der Waals surface area contributed by atoms with E-state index in [2.05, 4.69) is 38.1 Å². The molecule has 1 aliphatic heterocycles. The fraction of sp³-hybridized carbons (Fsp3) is 0.265. The number of benzene rings is 3. The van der Waals surface area contributed by atoms with Gasteiger partial charge in [-0.3, -0.25) is 9.63 Å². The van der Waals surface area contributed by atoms with Gasteiger partial charge in [0.1, 0.15) is 17.2 Å². The van der Waals surface area contributed by atoms with E-state index in [1.54, 1.807) is 13.3 Å². The molecule has 0 radical (unpaired) electrons. The summed E-state index contributed by atoms with van der Waals surface area (Å²) >= 11 is 0. The number of nitrogens with one attached hydrogen (secondary N) is 2. The van der Waals surface area contributed by atoms with Crippen LogP contribution in [0.5, 0.6) is 17.2 Å². The number of likely N-dealkylation sites (N-methyl/N-ethyl adjacent to an activating group) is 2. The molecule has 11 heteroatoms. The van der Waals surface area contributed by atoms with Gasteiger partial charge in [-0.2, -0.15) is 4.98 Å². The van der Waals surface area contributed by atoms with Gasteiger partial charge in [0.2, 0.25) is 11.9 Å². The quantitative estimate of drug-likeness (QED) is 0.175. The van der Waals surface area contributed by atoms with Crippen LogP contribution in [0.25, 0.3) is 0 Å². The fourth-order valence-corrected chi connectivity index (χ4v) is 4.97. The van der Waals surface area contributed by atoms with Crippen molar-refractivity contribution < 1.29 is 19.1 Å². The van der Waals surface area contributed by atoms with Gasteiger partial charge in [-0.05, 0) is 56.1 Å². The van der Waals surface area contributed by atoms with Gasteiger partial charge in [0.25, 0.3) is 0 Å². The second kappa shape index (κ2) is 14.6. The van der Waals surface area contributed by atoms with Gasteiger partial charge in [0, 0.05) is 44.9 Å². The number of aromatic nitrogens is 2. The van der Waals surface area contributed by atoms with Gasteiger partial charge in [-0.1, -0.05) is 36.9 Å². The minimum absolute atomic E-state index is 0.0701. The zero-order chi connectivity index (χ0) is 31.8. The van der Waals surface area contributed by atoms with Crippen molar-refractivity contribution >= 4 is 34.7 Å². The lowest BCUT2D eigenvalue weighted by Crippen LogP contribution is -2.29. The average molecular weight is 610 g/mol. The largest absolute Gasteiger partial charge is 0.494 e. The Hall–Kier alpha value is -5.13. The Labute approximate surface area is 264 Å². The number of ether oxygens (including phenoxy) is 2. The number of hydroxylamine groups is 1. The Morgan fingerprint density at radius 1 is 1.04 bits per heavy atom.